The van der Waals surface area contributed by atoms with E-state index in [1.807, 2.05) is 0 Å². The van der Waals surface area contributed by atoms with Gasteiger partial charge in [0.2, 0.25) is 0 Å². The standard InChI is InChI=1S/C12H20N2/c1-12(2)10-11(6-7-13-12)14-8-4-3-5-9-14/h6-7H,3-5,8-10H2,1-2H3/p+1. The normalized spacial score (nSPS) is 26.1. The summed E-state index contributed by atoms with van der Waals surface area (Å²) in [5.74, 6) is 0. The van der Waals surface area contributed by atoms with Gasteiger partial charge in [-0.3, -0.25) is 0 Å². The summed E-state index contributed by atoms with van der Waals surface area (Å²) >= 11 is 0. The molecule has 1 fully saturated rings. The van der Waals surface area contributed by atoms with E-state index in [1.165, 1.54) is 38.1 Å². The molecule has 0 bridgehead atoms. The maximum Gasteiger partial charge on any atom is 0.179 e. The van der Waals surface area contributed by atoms with Crippen LogP contribution < -0.4 is 5.32 Å². The van der Waals surface area contributed by atoms with Gasteiger partial charge in [0.05, 0.1) is 6.42 Å². The molecule has 0 aliphatic carbocycles. The van der Waals surface area contributed by atoms with Crippen molar-refractivity contribution in [3.8, 4) is 0 Å². The molecule has 0 spiro atoms. The van der Waals surface area contributed by atoms with E-state index in [-0.39, 0.29) is 5.54 Å². The van der Waals surface area contributed by atoms with Crippen molar-refractivity contribution in [1.82, 2.24) is 5.32 Å². The molecular formula is C12H21N2+. The Morgan fingerprint density at radius 1 is 1.21 bits per heavy atom. The number of piperidine rings is 1. The largest absolute Gasteiger partial charge is 0.385 e. The molecule has 1 saturated heterocycles. The first-order valence-electron chi connectivity index (χ1n) is 5.72. The number of hydrogen-bond acceptors (Lipinski definition) is 1. The number of hydrogen-bond donors (Lipinski definition) is 1. The van der Waals surface area contributed by atoms with Crippen LogP contribution in [0.5, 0.6) is 0 Å². The van der Waals surface area contributed by atoms with Crippen molar-refractivity contribution in [3.63, 3.8) is 0 Å². The molecule has 0 aromatic heterocycles. The summed E-state index contributed by atoms with van der Waals surface area (Å²) in [5.41, 5.74) is 1.76. The monoisotopic (exact) mass is 193 g/mol. The highest BCUT2D eigenvalue weighted by molar-refractivity contribution is 5.92. The van der Waals surface area contributed by atoms with Gasteiger partial charge in [0, 0.05) is 30.7 Å². The van der Waals surface area contributed by atoms with E-state index >= 15 is 0 Å². The van der Waals surface area contributed by atoms with E-state index in [1.54, 1.807) is 0 Å². The number of allylic oxidation sites excluding steroid dienone is 1. The molecule has 2 heteroatoms. The Hall–Kier alpha value is -0.790. The van der Waals surface area contributed by atoms with E-state index in [0.29, 0.717) is 0 Å². The lowest BCUT2D eigenvalue weighted by Gasteiger charge is -2.28. The highest BCUT2D eigenvalue weighted by Crippen LogP contribution is 2.16. The molecule has 0 saturated carbocycles. The molecule has 78 valence electrons. The molecule has 0 atom stereocenters. The van der Waals surface area contributed by atoms with Gasteiger partial charge in [0.1, 0.15) is 13.1 Å². The topological polar surface area (TPSA) is 15.0 Å². The summed E-state index contributed by atoms with van der Waals surface area (Å²) in [6.45, 7) is 7.05. The lowest BCUT2D eigenvalue weighted by molar-refractivity contribution is -0.538. The molecule has 1 N–H and O–H groups in total. The van der Waals surface area contributed by atoms with Crippen LogP contribution in [0.3, 0.4) is 0 Å². The first-order chi connectivity index (χ1) is 6.67. The van der Waals surface area contributed by atoms with Gasteiger partial charge in [-0.1, -0.05) is 0 Å². The maximum absolute atomic E-state index is 3.40. The summed E-state index contributed by atoms with van der Waals surface area (Å²) in [4.78, 5) is 0. The van der Waals surface area contributed by atoms with Gasteiger partial charge in [-0.25, -0.2) is 4.58 Å². The summed E-state index contributed by atoms with van der Waals surface area (Å²) in [6.07, 6.45) is 9.65. The van der Waals surface area contributed by atoms with Gasteiger partial charge in [-0.2, -0.15) is 0 Å². The van der Waals surface area contributed by atoms with Crippen molar-refractivity contribution in [1.29, 1.82) is 0 Å². The molecule has 2 rings (SSSR count). The molecule has 0 radical (unpaired) electrons. The van der Waals surface area contributed by atoms with Gasteiger partial charge >= 0.3 is 0 Å². The summed E-state index contributed by atoms with van der Waals surface area (Å²) < 4.78 is 2.56. The van der Waals surface area contributed by atoms with Crippen LogP contribution in [-0.4, -0.2) is 28.9 Å². The van der Waals surface area contributed by atoms with Crippen LogP contribution >= 0.6 is 0 Å². The van der Waals surface area contributed by atoms with Crippen LogP contribution in [0, 0.1) is 0 Å². The van der Waals surface area contributed by atoms with Crippen molar-refractivity contribution in [2.24, 2.45) is 0 Å². The first-order valence-corrected chi connectivity index (χ1v) is 5.72. The maximum atomic E-state index is 3.40. The highest BCUT2D eigenvalue weighted by atomic mass is 15.0. The van der Waals surface area contributed by atoms with Crippen LogP contribution in [0.4, 0.5) is 0 Å². The second-order valence-corrected chi connectivity index (χ2v) is 5.08. The summed E-state index contributed by atoms with van der Waals surface area (Å²) in [5, 5.41) is 3.40. The van der Waals surface area contributed by atoms with Crippen LogP contribution in [0.2, 0.25) is 0 Å². The van der Waals surface area contributed by atoms with Crippen LogP contribution in [0.15, 0.2) is 12.3 Å². The zero-order chi connectivity index (χ0) is 10.0. The van der Waals surface area contributed by atoms with Gasteiger partial charge in [-0.15, -0.1) is 0 Å². The Balaban J connectivity index is 2.16. The van der Waals surface area contributed by atoms with E-state index < -0.39 is 0 Å². The fraction of sp³-hybridized carbons (Fsp3) is 0.750. The SMILES string of the molecule is CC1(C)CC(=[N+]2CCCCC2)C=CN1. The van der Waals surface area contributed by atoms with E-state index in [9.17, 15) is 0 Å². The molecule has 2 heterocycles. The third-order valence-electron chi connectivity index (χ3n) is 3.14. The Labute approximate surface area is 86.7 Å². The quantitative estimate of drug-likeness (QED) is 0.581. The molecule has 0 aromatic rings. The predicted octanol–water partition coefficient (Wildman–Crippen LogP) is 1.91. The predicted molar refractivity (Wildman–Crippen MR) is 59.8 cm³/mol. The van der Waals surface area contributed by atoms with Crippen molar-refractivity contribution in [3.05, 3.63) is 12.3 Å². The number of nitrogens with one attached hydrogen (secondary N) is 1. The zero-order valence-corrected chi connectivity index (χ0v) is 9.34. The Morgan fingerprint density at radius 2 is 1.93 bits per heavy atom. The second-order valence-electron chi connectivity index (χ2n) is 5.08. The van der Waals surface area contributed by atoms with Crippen LogP contribution in [0.1, 0.15) is 39.5 Å². The lowest BCUT2D eigenvalue weighted by Crippen LogP contribution is -2.43. The minimum absolute atomic E-state index is 0.238. The van der Waals surface area contributed by atoms with Crippen LogP contribution in [-0.2, 0) is 0 Å². The van der Waals surface area contributed by atoms with Crippen molar-refractivity contribution >= 4 is 5.71 Å². The molecular weight excluding hydrogens is 172 g/mol. The molecule has 14 heavy (non-hydrogen) atoms. The molecule has 0 amide bonds. The minimum atomic E-state index is 0.238. The van der Waals surface area contributed by atoms with Gasteiger partial charge in [0.25, 0.3) is 0 Å². The van der Waals surface area contributed by atoms with Gasteiger partial charge in [-0.05, 0) is 20.3 Å². The van der Waals surface area contributed by atoms with Crippen molar-refractivity contribution in [2.75, 3.05) is 13.1 Å². The average molecular weight is 193 g/mol. The minimum Gasteiger partial charge on any atom is -0.385 e. The number of rotatable bonds is 0. The Bertz CT molecular complexity index is 266. The van der Waals surface area contributed by atoms with Crippen LogP contribution in [0.25, 0.3) is 0 Å². The lowest BCUT2D eigenvalue weighted by atomic mass is 9.94. The summed E-state index contributed by atoms with van der Waals surface area (Å²) in [6, 6.07) is 0. The molecule has 2 aliphatic rings. The fourth-order valence-electron chi connectivity index (χ4n) is 2.32. The number of nitrogens with zero attached hydrogens (tertiary/aromatic N) is 1. The van der Waals surface area contributed by atoms with Crippen molar-refractivity contribution < 1.29 is 4.58 Å². The first kappa shape index (κ1) is 9.75. The molecule has 2 nitrogen and oxygen atoms in total. The fourth-order valence-corrected chi connectivity index (χ4v) is 2.32. The highest BCUT2D eigenvalue weighted by Gasteiger charge is 2.27. The van der Waals surface area contributed by atoms with Crippen molar-refractivity contribution in [2.45, 2.75) is 45.1 Å². The van der Waals surface area contributed by atoms with Gasteiger partial charge in [0.15, 0.2) is 5.71 Å². The third-order valence-corrected chi connectivity index (χ3v) is 3.14. The third kappa shape index (κ3) is 2.17. The molecule has 0 unspecified atom stereocenters. The Kier molecular flexibility index (Phi) is 2.62. The zero-order valence-electron chi connectivity index (χ0n) is 9.34. The van der Waals surface area contributed by atoms with E-state index in [2.05, 4.69) is 36.0 Å². The second kappa shape index (κ2) is 3.76. The molecule has 0 aromatic carbocycles. The Morgan fingerprint density at radius 3 is 2.57 bits per heavy atom. The van der Waals surface area contributed by atoms with Gasteiger partial charge < -0.3 is 5.32 Å². The summed E-state index contributed by atoms with van der Waals surface area (Å²) in [7, 11) is 0. The average Bonchev–Trinajstić information content (AvgIpc) is 2.18. The van der Waals surface area contributed by atoms with E-state index in [4.69, 9.17) is 0 Å². The smallest absolute Gasteiger partial charge is 0.179 e. The van der Waals surface area contributed by atoms with E-state index in [0.717, 1.165) is 6.42 Å². The molecule has 2 aliphatic heterocycles.